The minimum absolute atomic E-state index is 0.897. The van der Waals surface area contributed by atoms with Crippen molar-refractivity contribution in [1.29, 1.82) is 0 Å². The van der Waals surface area contributed by atoms with E-state index in [4.69, 9.17) is 0 Å². The van der Waals surface area contributed by atoms with Gasteiger partial charge in [0, 0.05) is 27.6 Å². The highest BCUT2D eigenvalue weighted by Crippen LogP contribution is 2.29. The van der Waals surface area contributed by atoms with Crippen LogP contribution in [0.3, 0.4) is 0 Å². The molecule has 0 bridgehead atoms. The van der Waals surface area contributed by atoms with Gasteiger partial charge in [-0.3, -0.25) is 0 Å². The molecule has 0 radical (unpaired) electrons. The van der Waals surface area contributed by atoms with Crippen LogP contribution in [0.4, 0.5) is 0 Å². The molecular weight excluding hydrogens is 240 g/mol. The minimum atomic E-state index is 0.897. The molecule has 2 rings (SSSR count). The predicted molar refractivity (Wildman–Crippen MR) is 63.5 cm³/mol. The Kier molecular flexibility index (Phi) is 2.61. The summed E-state index contributed by atoms with van der Waals surface area (Å²) in [5.74, 6) is 0. The van der Waals surface area contributed by atoms with Gasteiger partial charge in [0.15, 0.2) is 0 Å². The summed E-state index contributed by atoms with van der Waals surface area (Å²) in [4.78, 5) is 3.38. The predicted octanol–water partition coefficient (Wildman–Crippen LogP) is 2.96. The van der Waals surface area contributed by atoms with Crippen molar-refractivity contribution in [3.8, 4) is 0 Å². The molecule has 0 amide bonds. The first-order valence-corrected chi connectivity index (χ1v) is 5.43. The lowest BCUT2D eigenvalue weighted by molar-refractivity contribution is 0.816. The van der Waals surface area contributed by atoms with Crippen LogP contribution >= 0.6 is 15.9 Å². The Morgan fingerprint density at radius 3 is 2.93 bits per heavy atom. The number of benzene rings is 1. The summed E-state index contributed by atoms with van der Waals surface area (Å²) in [6.07, 6.45) is 0. The van der Waals surface area contributed by atoms with E-state index < -0.39 is 0 Å². The molecule has 0 aliphatic carbocycles. The van der Waals surface area contributed by atoms with Gasteiger partial charge in [0.1, 0.15) is 0 Å². The second-order valence-electron chi connectivity index (χ2n) is 3.42. The van der Waals surface area contributed by atoms with Gasteiger partial charge in [0.2, 0.25) is 0 Å². The van der Waals surface area contributed by atoms with Gasteiger partial charge in [0.25, 0.3) is 0 Å². The summed E-state index contributed by atoms with van der Waals surface area (Å²) in [6, 6.07) is 6.23. The Morgan fingerprint density at radius 1 is 1.43 bits per heavy atom. The van der Waals surface area contributed by atoms with Crippen molar-refractivity contribution in [3.05, 3.63) is 33.9 Å². The maximum Gasteiger partial charge on any atom is 0.0470 e. The smallest absolute Gasteiger partial charge is 0.0470 e. The molecule has 0 saturated carbocycles. The Morgan fingerprint density at radius 2 is 2.21 bits per heavy atom. The summed E-state index contributed by atoms with van der Waals surface area (Å²) < 4.78 is 1.16. The van der Waals surface area contributed by atoms with Crippen LogP contribution in [0, 0.1) is 6.92 Å². The Labute approximate surface area is 91.8 Å². The van der Waals surface area contributed by atoms with Gasteiger partial charge in [-0.2, -0.15) is 0 Å². The van der Waals surface area contributed by atoms with E-state index in [1.165, 1.54) is 22.2 Å². The lowest BCUT2D eigenvalue weighted by Crippen LogP contribution is -2.05. The molecule has 0 atom stereocenters. The lowest BCUT2D eigenvalue weighted by atomic mass is 10.1. The van der Waals surface area contributed by atoms with Crippen LogP contribution in [0.5, 0.6) is 0 Å². The van der Waals surface area contributed by atoms with E-state index in [-0.39, 0.29) is 0 Å². The lowest BCUT2D eigenvalue weighted by Gasteiger charge is -2.01. The number of rotatable bonds is 2. The zero-order chi connectivity index (χ0) is 10.1. The molecule has 14 heavy (non-hydrogen) atoms. The maximum absolute atomic E-state index is 3.58. The third kappa shape index (κ3) is 1.47. The van der Waals surface area contributed by atoms with Gasteiger partial charge >= 0.3 is 0 Å². The van der Waals surface area contributed by atoms with E-state index in [1.807, 2.05) is 13.1 Å². The van der Waals surface area contributed by atoms with E-state index >= 15 is 0 Å². The van der Waals surface area contributed by atoms with Crippen LogP contribution < -0.4 is 5.32 Å². The number of hydrogen-bond acceptors (Lipinski definition) is 1. The zero-order valence-corrected chi connectivity index (χ0v) is 9.90. The quantitative estimate of drug-likeness (QED) is 0.846. The Bertz CT molecular complexity index is 460. The number of aromatic amines is 1. The SMILES string of the molecule is CNCc1c(C)[nH]c2cccc(Br)c12. The van der Waals surface area contributed by atoms with Gasteiger partial charge in [-0.05, 0) is 31.7 Å². The number of hydrogen-bond donors (Lipinski definition) is 2. The molecule has 0 spiro atoms. The van der Waals surface area contributed by atoms with Crippen molar-refractivity contribution in [1.82, 2.24) is 10.3 Å². The molecule has 0 aliphatic rings. The molecule has 3 heteroatoms. The van der Waals surface area contributed by atoms with E-state index in [0.717, 1.165) is 11.0 Å². The van der Waals surface area contributed by atoms with E-state index in [9.17, 15) is 0 Å². The van der Waals surface area contributed by atoms with Crippen molar-refractivity contribution in [3.63, 3.8) is 0 Å². The van der Waals surface area contributed by atoms with Crippen LogP contribution in [-0.4, -0.2) is 12.0 Å². The summed E-state index contributed by atoms with van der Waals surface area (Å²) in [6.45, 7) is 3.01. The van der Waals surface area contributed by atoms with Crippen LogP contribution in [-0.2, 0) is 6.54 Å². The van der Waals surface area contributed by atoms with Gasteiger partial charge in [-0.1, -0.05) is 22.0 Å². The van der Waals surface area contributed by atoms with Crippen LogP contribution in [0.25, 0.3) is 10.9 Å². The summed E-state index contributed by atoms with van der Waals surface area (Å²) in [7, 11) is 1.97. The van der Waals surface area contributed by atoms with Crippen molar-refractivity contribution < 1.29 is 0 Å². The maximum atomic E-state index is 3.58. The average Bonchev–Trinajstić information content (AvgIpc) is 2.45. The molecule has 0 saturated heterocycles. The average molecular weight is 253 g/mol. The van der Waals surface area contributed by atoms with Gasteiger partial charge in [0.05, 0.1) is 0 Å². The van der Waals surface area contributed by atoms with Crippen LogP contribution in [0.15, 0.2) is 22.7 Å². The molecule has 74 valence electrons. The van der Waals surface area contributed by atoms with Gasteiger partial charge in [-0.25, -0.2) is 0 Å². The molecular formula is C11H13BrN2. The summed E-state index contributed by atoms with van der Waals surface area (Å²) in [5.41, 5.74) is 3.78. The molecule has 1 aromatic heterocycles. The first-order valence-electron chi connectivity index (χ1n) is 4.64. The second kappa shape index (κ2) is 3.75. The number of H-pyrrole nitrogens is 1. The highest BCUT2D eigenvalue weighted by Gasteiger charge is 2.09. The van der Waals surface area contributed by atoms with E-state index in [1.54, 1.807) is 0 Å². The van der Waals surface area contributed by atoms with Crippen molar-refractivity contribution in [2.45, 2.75) is 13.5 Å². The fourth-order valence-corrected chi connectivity index (χ4v) is 2.40. The number of aromatic nitrogens is 1. The van der Waals surface area contributed by atoms with E-state index in [0.29, 0.717) is 0 Å². The molecule has 1 heterocycles. The molecule has 2 N–H and O–H groups in total. The highest BCUT2D eigenvalue weighted by atomic mass is 79.9. The fraction of sp³-hybridized carbons (Fsp3) is 0.273. The molecule has 2 nitrogen and oxygen atoms in total. The standard InChI is InChI=1S/C11H13BrN2/c1-7-8(6-13-2)11-9(12)4-3-5-10(11)14-7/h3-5,13-14H,6H2,1-2H3. The second-order valence-corrected chi connectivity index (χ2v) is 4.28. The third-order valence-electron chi connectivity index (χ3n) is 2.44. The topological polar surface area (TPSA) is 27.8 Å². The fourth-order valence-electron chi connectivity index (χ4n) is 1.80. The zero-order valence-electron chi connectivity index (χ0n) is 8.32. The molecule has 0 aliphatic heterocycles. The minimum Gasteiger partial charge on any atom is -0.358 e. The Balaban J connectivity index is 2.73. The molecule has 0 fully saturated rings. The number of aryl methyl sites for hydroxylation is 1. The Hall–Kier alpha value is -0.800. The number of nitrogens with one attached hydrogen (secondary N) is 2. The number of fused-ring (bicyclic) bond motifs is 1. The third-order valence-corrected chi connectivity index (χ3v) is 3.10. The van der Waals surface area contributed by atoms with Crippen molar-refractivity contribution >= 4 is 26.8 Å². The molecule has 0 unspecified atom stereocenters. The molecule has 2 aromatic rings. The summed E-state index contributed by atoms with van der Waals surface area (Å²) >= 11 is 3.58. The number of halogens is 1. The normalized spacial score (nSPS) is 11.1. The van der Waals surface area contributed by atoms with Crippen LogP contribution in [0.2, 0.25) is 0 Å². The molecule has 1 aromatic carbocycles. The largest absolute Gasteiger partial charge is 0.358 e. The van der Waals surface area contributed by atoms with E-state index in [2.05, 4.69) is 45.3 Å². The van der Waals surface area contributed by atoms with Gasteiger partial charge < -0.3 is 10.3 Å². The highest BCUT2D eigenvalue weighted by molar-refractivity contribution is 9.10. The van der Waals surface area contributed by atoms with Gasteiger partial charge in [-0.15, -0.1) is 0 Å². The monoisotopic (exact) mass is 252 g/mol. The summed E-state index contributed by atoms with van der Waals surface area (Å²) in [5, 5.41) is 4.48. The van der Waals surface area contributed by atoms with Crippen molar-refractivity contribution in [2.24, 2.45) is 0 Å². The first-order chi connectivity index (χ1) is 6.74. The van der Waals surface area contributed by atoms with Crippen LogP contribution in [0.1, 0.15) is 11.3 Å². The van der Waals surface area contributed by atoms with Crippen molar-refractivity contribution in [2.75, 3.05) is 7.05 Å². The first kappa shape index (κ1) is 9.74.